The minimum atomic E-state index is -3.73. The molecule has 9 heteroatoms. The van der Waals surface area contributed by atoms with Gasteiger partial charge in [0.1, 0.15) is 10.0 Å². The number of aromatic nitrogens is 2. The monoisotopic (exact) mass is 319 g/mol. The van der Waals surface area contributed by atoms with E-state index in [1.54, 1.807) is 0 Å². The fourth-order valence-corrected chi connectivity index (χ4v) is 3.34. The van der Waals surface area contributed by atoms with Crippen molar-refractivity contribution in [2.45, 2.75) is 18.4 Å². The van der Waals surface area contributed by atoms with Gasteiger partial charge in [-0.2, -0.15) is 0 Å². The average Bonchev–Trinajstić information content (AvgIpc) is 2.76. The molecular weight excluding hydrogens is 310 g/mol. The molecule has 0 radical (unpaired) electrons. The molecule has 2 aromatic rings. The molecule has 0 aliphatic heterocycles. The number of nitrogens with zero attached hydrogens (tertiary/aromatic N) is 1. The lowest BCUT2D eigenvalue weighted by molar-refractivity contribution is 0.580. The first-order valence-corrected chi connectivity index (χ1v) is 7.91. The highest BCUT2D eigenvalue weighted by molar-refractivity contribution is 7.89. The number of hydrogen-bond donors (Lipinski definition) is 2. The first-order valence-electron chi connectivity index (χ1n) is 5.17. The van der Waals surface area contributed by atoms with Gasteiger partial charge in [0.05, 0.1) is 11.4 Å². The molecule has 102 valence electrons. The molecule has 0 atom stereocenters. The second kappa shape index (κ2) is 5.41. The Morgan fingerprint density at radius 1 is 1.53 bits per heavy atom. The third kappa shape index (κ3) is 3.41. The molecule has 0 saturated heterocycles. The molecule has 19 heavy (non-hydrogen) atoms. The molecule has 0 unspecified atom stereocenters. The van der Waals surface area contributed by atoms with Gasteiger partial charge in [-0.15, -0.1) is 11.3 Å². The van der Waals surface area contributed by atoms with Gasteiger partial charge in [-0.1, -0.05) is 11.6 Å². The van der Waals surface area contributed by atoms with Crippen LogP contribution in [0.1, 0.15) is 10.7 Å². The van der Waals surface area contributed by atoms with Crippen molar-refractivity contribution in [1.29, 1.82) is 0 Å². The van der Waals surface area contributed by atoms with Gasteiger partial charge in [-0.3, -0.25) is 4.79 Å². The summed E-state index contributed by atoms with van der Waals surface area (Å²) in [5.41, 5.74) is 0.308. The van der Waals surface area contributed by atoms with Crippen molar-refractivity contribution in [3.63, 3.8) is 0 Å². The largest absolute Gasteiger partial charge is 0.326 e. The summed E-state index contributed by atoms with van der Waals surface area (Å²) in [6.45, 7) is 1.92. The Hall–Kier alpha value is -1.22. The molecule has 2 rings (SSSR count). The summed E-state index contributed by atoms with van der Waals surface area (Å²) in [4.78, 5) is 17.4. The van der Waals surface area contributed by atoms with Crippen molar-refractivity contribution in [3.05, 3.63) is 43.7 Å². The van der Waals surface area contributed by atoms with Crippen LogP contribution in [0.25, 0.3) is 0 Å². The van der Waals surface area contributed by atoms with Crippen LogP contribution < -0.4 is 10.3 Å². The van der Waals surface area contributed by atoms with Crippen molar-refractivity contribution in [1.82, 2.24) is 14.7 Å². The Morgan fingerprint density at radius 2 is 2.26 bits per heavy atom. The summed E-state index contributed by atoms with van der Waals surface area (Å²) in [5, 5.41) is 2.32. The van der Waals surface area contributed by atoms with Crippen LogP contribution in [0.2, 0.25) is 5.02 Å². The lowest BCUT2D eigenvalue weighted by Gasteiger charge is -2.05. The molecule has 0 bridgehead atoms. The van der Waals surface area contributed by atoms with Crippen LogP contribution in [0.4, 0.5) is 0 Å². The van der Waals surface area contributed by atoms with Crippen LogP contribution in [0.15, 0.2) is 27.3 Å². The van der Waals surface area contributed by atoms with Crippen LogP contribution in [0.3, 0.4) is 0 Å². The molecule has 0 aliphatic carbocycles. The second-order valence-corrected chi connectivity index (χ2v) is 6.84. The minimum absolute atomic E-state index is 0.0922. The fraction of sp³-hybridized carbons (Fsp3) is 0.200. The Morgan fingerprint density at radius 3 is 2.84 bits per heavy atom. The summed E-state index contributed by atoms with van der Waals surface area (Å²) in [5.74, 6) is 0. The van der Waals surface area contributed by atoms with E-state index in [1.165, 1.54) is 11.3 Å². The maximum Gasteiger partial charge on any atom is 0.266 e. The van der Waals surface area contributed by atoms with Crippen molar-refractivity contribution in [2.75, 3.05) is 0 Å². The highest BCUT2D eigenvalue weighted by Gasteiger charge is 2.16. The normalized spacial score (nSPS) is 11.7. The number of aryl methyl sites for hydroxylation is 1. The highest BCUT2D eigenvalue weighted by Crippen LogP contribution is 2.13. The van der Waals surface area contributed by atoms with Crippen molar-refractivity contribution in [3.8, 4) is 0 Å². The van der Waals surface area contributed by atoms with Gasteiger partial charge in [0.2, 0.25) is 10.0 Å². The van der Waals surface area contributed by atoms with E-state index in [9.17, 15) is 13.2 Å². The maximum atomic E-state index is 12.0. The molecule has 0 saturated carbocycles. The van der Waals surface area contributed by atoms with Gasteiger partial charge in [-0.05, 0) is 13.0 Å². The van der Waals surface area contributed by atoms with Crippen LogP contribution in [-0.4, -0.2) is 18.4 Å². The molecule has 0 aromatic carbocycles. The number of H-pyrrole nitrogens is 1. The third-order valence-electron chi connectivity index (χ3n) is 2.22. The van der Waals surface area contributed by atoms with E-state index in [4.69, 9.17) is 11.6 Å². The Kier molecular flexibility index (Phi) is 4.04. The third-order valence-corrected chi connectivity index (χ3v) is 4.85. The second-order valence-electron chi connectivity index (χ2n) is 3.72. The van der Waals surface area contributed by atoms with Crippen molar-refractivity contribution in [2.24, 2.45) is 0 Å². The number of nitrogens with one attached hydrogen (secondary N) is 2. The van der Waals surface area contributed by atoms with Gasteiger partial charge < -0.3 is 4.98 Å². The quantitative estimate of drug-likeness (QED) is 0.887. The molecular formula is C10H10ClN3O3S2. The Bertz CT molecular complexity index is 751. The number of aromatic amines is 1. The maximum absolute atomic E-state index is 12.0. The number of rotatable bonds is 4. The van der Waals surface area contributed by atoms with E-state index in [-0.39, 0.29) is 16.5 Å². The van der Waals surface area contributed by atoms with Gasteiger partial charge in [0.15, 0.2) is 0 Å². The number of hydrogen-bond acceptors (Lipinski definition) is 5. The number of sulfonamides is 1. The van der Waals surface area contributed by atoms with Crippen molar-refractivity contribution < 1.29 is 8.42 Å². The lowest BCUT2D eigenvalue weighted by atomic mass is 10.5. The predicted octanol–water partition coefficient (Wildman–Crippen LogP) is 1.27. The Labute approximate surface area is 118 Å². The standard InChI is InChI=1S/C10H10ClN3O3S2/c1-6-5-18-9(14-6)4-13-19(16,17)7-2-8(11)10(15)12-3-7/h2-3,5,13H,4H2,1H3,(H,12,15). The summed E-state index contributed by atoms with van der Waals surface area (Å²) in [7, 11) is -3.73. The summed E-state index contributed by atoms with van der Waals surface area (Å²) < 4.78 is 26.3. The van der Waals surface area contributed by atoms with Gasteiger partial charge in [-0.25, -0.2) is 18.1 Å². The number of pyridine rings is 1. The topological polar surface area (TPSA) is 91.9 Å². The fourth-order valence-electron chi connectivity index (χ4n) is 1.32. The zero-order valence-corrected chi connectivity index (χ0v) is 12.2. The van der Waals surface area contributed by atoms with E-state index < -0.39 is 15.6 Å². The SMILES string of the molecule is Cc1csc(CNS(=O)(=O)c2c[nH]c(=O)c(Cl)c2)n1. The number of thiazole rings is 1. The van der Waals surface area contributed by atoms with Gasteiger partial charge >= 0.3 is 0 Å². The van der Waals surface area contributed by atoms with E-state index in [0.717, 1.165) is 18.0 Å². The zero-order chi connectivity index (χ0) is 14.0. The average molecular weight is 320 g/mol. The first-order chi connectivity index (χ1) is 8.88. The zero-order valence-electron chi connectivity index (χ0n) is 9.81. The molecule has 0 amide bonds. The minimum Gasteiger partial charge on any atom is -0.326 e. The van der Waals surface area contributed by atoms with Gasteiger partial charge in [0, 0.05) is 17.3 Å². The van der Waals surface area contributed by atoms with Gasteiger partial charge in [0.25, 0.3) is 5.56 Å². The van der Waals surface area contributed by atoms with Crippen LogP contribution >= 0.6 is 22.9 Å². The van der Waals surface area contributed by atoms with E-state index in [0.29, 0.717) is 5.01 Å². The van der Waals surface area contributed by atoms with Crippen molar-refractivity contribution >= 4 is 33.0 Å². The van der Waals surface area contributed by atoms with Crippen LogP contribution in [0.5, 0.6) is 0 Å². The molecule has 0 aliphatic rings. The summed E-state index contributed by atoms with van der Waals surface area (Å²) in [6, 6.07) is 1.11. The molecule has 2 aromatic heterocycles. The first kappa shape index (κ1) is 14.2. The Balaban J connectivity index is 2.18. The van der Waals surface area contributed by atoms with E-state index in [1.807, 2.05) is 12.3 Å². The van der Waals surface area contributed by atoms with E-state index >= 15 is 0 Å². The molecule has 0 fully saturated rings. The molecule has 0 spiro atoms. The lowest BCUT2D eigenvalue weighted by Crippen LogP contribution is -2.24. The van der Waals surface area contributed by atoms with E-state index in [2.05, 4.69) is 14.7 Å². The molecule has 2 N–H and O–H groups in total. The number of halogens is 1. The van der Waals surface area contributed by atoms with Crippen LogP contribution in [0, 0.1) is 6.92 Å². The molecule has 2 heterocycles. The summed E-state index contributed by atoms with van der Waals surface area (Å²) >= 11 is 6.96. The molecule has 6 nitrogen and oxygen atoms in total. The predicted molar refractivity (Wildman–Crippen MR) is 72.9 cm³/mol. The summed E-state index contributed by atoms with van der Waals surface area (Å²) in [6.07, 6.45) is 1.10. The highest BCUT2D eigenvalue weighted by atomic mass is 35.5. The smallest absolute Gasteiger partial charge is 0.266 e. The van der Waals surface area contributed by atoms with Crippen LogP contribution in [-0.2, 0) is 16.6 Å².